The van der Waals surface area contributed by atoms with E-state index in [2.05, 4.69) is 26.4 Å². The molecule has 0 atom stereocenters. The Labute approximate surface area is 217 Å². The minimum absolute atomic E-state index is 0.0824. The van der Waals surface area contributed by atoms with Crippen LogP contribution in [-0.2, 0) is 11.3 Å². The van der Waals surface area contributed by atoms with E-state index in [0.717, 1.165) is 61.2 Å². The number of hydrogen-bond donors (Lipinski definition) is 1. The predicted octanol–water partition coefficient (Wildman–Crippen LogP) is 2.79. The Morgan fingerprint density at radius 1 is 1.14 bits per heavy atom. The summed E-state index contributed by atoms with van der Waals surface area (Å²) in [6, 6.07) is 5.53. The lowest BCUT2D eigenvalue weighted by molar-refractivity contribution is -0.127. The molecular formula is C28H34N6O3. The molecule has 1 fully saturated rings. The van der Waals surface area contributed by atoms with Crippen molar-refractivity contribution in [2.75, 3.05) is 53.7 Å². The van der Waals surface area contributed by atoms with Crippen molar-refractivity contribution in [2.24, 2.45) is 5.92 Å². The van der Waals surface area contributed by atoms with E-state index < -0.39 is 0 Å². The molecule has 0 spiro atoms. The maximum atomic E-state index is 12.5. The van der Waals surface area contributed by atoms with Gasteiger partial charge in [0.15, 0.2) is 0 Å². The summed E-state index contributed by atoms with van der Waals surface area (Å²) in [5.41, 5.74) is 8.56. The Bertz CT molecular complexity index is 1320. The van der Waals surface area contributed by atoms with Gasteiger partial charge in [0.25, 0.3) is 0 Å². The Kier molecular flexibility index (Phi) is 8.31. The quantitative estimate of drug-likeness (QED) is 0.392. The Hall–Kier alpha value is -4.03. The van der Waals surface area contributed by atoms with Gasteiger partial charge in [-0.15, -0.1) is 0 Å². The number of nitrogen functional groups attached to an aromatic ring is 1. The summed E-state index contributed by atoms with van der Waals surface area (Å²) >= 11 is 0. The van der Waals surface area contributed by atoms with E-state index in [1.54, 1.807) is 20.3 Å². The first-order chi connectivity index (χ1) is 17.9. The van der Waals surface area contributed by atoms with Crippen molar-refractivity contribution in [3.8, 4) is 23.3 Å². The fraction of sp³-hybridized carbons (Fsp3) is 0.393. The number of aromatic nitrogens is 3. The third-order valence-electron chi connectivity index (χ3n) is 6.49. The minimum Gasteiger partial charge on any atom is -0.497 e. The zero-order chi connectivity index (χ0) is 26.4. The Balaban J connectivity index is 1.51. The summed E-state index contributed by atoms with van der Waals surface area (Å²) in [6.45, 7) is 3.03. The SMILES string of the molecule is COc1cc(C#Cc2cn(CC3CCN(C(=O)/C=C/CN(C)C)CC3)c3ncnc(N)c23)cc(OC)c1. The topological polar surface area (TPSA) is 98.7 Å². The molecule has 1 aliphatic heterocycles. The van der Waals surface area contributed by atoms with Gasteiger partial charge in [0.1, 0.15) is 29.3 Å². The number of hydrogen-bond acceptors (Lipinski definition) is 7. The van der Waals surface area contributed by atoms with Crippen molar-refractivity contribution in [3.63, 3.8) is 0 Å². The number of rotatable bonds is 7. The number of nitrogens with zero attached hydrogens (tertiary/aromatic N) is 5. The highest BCUT2D eigenvalue weighted by Crippen LogP contribution is 2.27. The smallest absolute Gasteiger partial charge is 0.246 e. The van der Waals surface area contributed by atoms with Gasteiger partial charge in [-0.2, -0.15) is 0 Å². The fourth-order valence-electron chi connectivity index (χ4n) is 4.48. The zero-order valence-corrected chi connectivity index (χ0v) is 21.9. The first-order valence-electron chi connectivity index (χ1n) is 12.3. The summed E-state index contributed by atoms with van der Waals surface area (Å²) in [4.78, 5) is 25.1. The van der Waals surface area contributed by atoms with Gasteiger partial charge in [-0.05, 0) is 45.0 Å². The second-order valence-corrected chi connectivity index (χ2v) is 9.44. The number of nitrogens with two attached hydrogens (primary N) is 1. The molecule has 4 rings (SSSR count). The molecule has 0 radical (unpaired) electrons. The number of fused-ring (bicyclic) bond motifs is 1. The first-order valence-corrected chi connectivity index (χ1v) is 12.3. The molecule has 1 aromatic carbocycles. The van der Waals surface area contributed by atoms with Crippen LogP contribution in [0.1, 0.15) is 24.0 Å². The second kappa shape index (κ2) is 11.8. The molecule has 9 nitrogen and oxygen atoms in total. The first kappa shape index (κ1) is 26.0. The predicted molar refractivity (Wildman–Crippen MR) is 144 cm³/mol. The lowest BCUT2D eigenvalue weighted by Gasteiger charge is -2.31. The molecule has 2 aromatic heterocycles. The van der Waals surface area contributed by atoms with Crippen LogP contribution < -0.4 is 15.2 Å². The van der Waals surface area contributed by atoms with E-state index in [0.29, 0.717) is 23.2 Å². The van der Waals surface area contributed by atoms with Crippen LogP contribution in [0.4, 0.5) is 5.82 Å². The van der Waals surface area contributed by atoms with E-state index in [1.165, 1.54) is 6.33 Å². The van der Waals surface area contributed by atoms with Gasteiger partial charge in [0, 0.05) is 50.1 Å². The van der Waals surface area contributed by atoms with Gasteiger partial charge in [-0.1, -0.05) is 17.9 Å². The Morgan fingerprint density at radius 2 is 1.84 bits per heavy atom. The van der Waals surface area contributed by atoms with Crippen LogP contribution in [0.5, 0.6) is 11.5 Å². The van der Waals surface area contributed by atoms with Gasteiger partial charge in [-0.3, -0.25) is 4.79 Å². The third kappa shape index (κ3) is 6.40. The number of amides is 1. The number of likely N-dealkylation sites (N-methyl/N-ethyl adjacent to an activating group) is 1. The van der Waals surface area contributed by atoms with Crippen molar-refractivity contribution < 1.29 is 14.3 Å². The largest absolute Gasteiger partial charge is 0.497 e. The van der Waals surface area contributed by atoms with E-state index in [-0.39, 0.29) is 5.91 Å². The summed E-state index contributed by atoms with van der Waals surface area (Å²) in [5, 5.41) is 0.753. The van der Waals surface area contributed by atoms with Gasteiger partial charge < -0.3 is 29.6 Å². The van der Waals surface area contributed by atoms with Crippen molar-refractivity contribution in [1.82, 2.24) is 24.3 Å². The standard InChI is InChI=1S/C28H34N6O3/c1-32(2)11-5-6-25(35)33-12-9-20(10-13-33)17-34-18-22(26-27(29)30-19-31-28(26)34)8-7-21-14-23(36-3)16-24(15-21)37-4/h5-6,14-16,18-20H,9-13,17H2,1-4H3,(H2,29,30,31)/b6-5+. The number of likely N-dealkylation sites (tertiary alicyclic amines) is 1. The molecule has 1 aliphatic rings. The number of carbonyl (C=O) groups is 1. The summed E-state index contributed by atoms with van der Waals surface area (Å²) in [7, 11) is 7.19. The number of methoxy groups -OCH3 is 2. The molecule has 1 amide bonds. The maximum Gasteiger partial charge on any atom is 0.246 e. The number of anilines is 1. The van der Waals surface area contributed by atoms with Crippen LogP contribution >= 0.6 is 0 Å². The molecular weight excluding hydrogens is 468 g/mol. The number of carbonyl (C=O) groups excluding carboxylic acids is 1. The highest BCUT2D eigenvalue weighted by atomic mass is 16.5. The highest BCUT2D eigenvalue weighted by molar-refractivity contribution is 5.92. The number of piperidine rings is 1. The average molecular weight is 503 g/mol. The van der Waals surface area contributed by atoms with Crippen LogP contribution in [0.15, 0.2) is 42.9 Å². The molecule has 9 heteroatoms. The van der Waals surface area contributed by atoms with Crippen molar-refractivity contribution >= 4 is 22.8 Å². The fourth-order valence-corrected chi connectivity index (χ4v) is 4.48. The lowest BCUT2D eigenvalue weighted by Crippen LogP contribution is -2.38. The molecule has 0 aliphatic carbocycles. The van der Waals surface area contributed by atoms with E-state index >= 15 is 0 Å². The van der Waals surface area contributed by atoms with Crippen LogP contribution in [0.2, 0.25) is 0 Å². The van der Waals surface area contributed by atoms with Gasteiger partial charge in [0.05, 0.1) is 25.2 Å². The van der Waals surface area contributed by atoms with Crippen LogP contribution in [-0.4, -0.2) is 78.2 Å². The van der Waals surface area contributed by atoms with Crippen molar-refractivity contribution in [3.05, 3.63) is 54.0 Å². The average Bonchev–Trinajstić information content (AvgIpc) is 3.25. The van der Waals surface area contributed by atoms with Crippen molar-refractivity contribution in [2.45, 2.75) is 19.4 Å². The van der Waals surface area contributed by atoms with Gasteiger partial charge in [-0.25, -0.2) is 9.97 Å². The normalized spacial score (nSPS) is 14.2. The molecule has 194 valence electrons. The lowest BCUT2D eigenvalue weighted by atomic mass is 9.96. The van der Waals surface area contributed by atoms with E-state index in [1.807, 2.05) is 54.4 Å². The van der Waals surface area contributed by atoms with Crippen LogP contribution in [0.25, 0.3) is 11.0 Å². The second-order valence-electron chi connectivity index (χ2n) is 9.44. The number of ether oxygens (including phenoxy) is 2. The van der Waals surface area contributed by atoms with E-state index in [9.17, 15) is 4.79 Å². The van der Waals surface area contributed by atoms with E-state index in [4.69, 9.17) is 15.2 Å². The van der Waals surface area contributed by atoms with Crippen LogP contribution in [0, 0.1) is 17.8 Å². The van der Waals surface area contributed by atoms with Gasteiger partial charge in [0.2, 0.25) is 5.91 Å². The molecule has 3 aromatic rings. The maximum absolute atomic E-state index is 12.5. The molecule has 1 saturated heterocycles. The molecule has 2 N–H and O–H groups in total. The minimum atomic E-state index is 0.0824. The van der Waals surface area contributed by atoms with Gasteiger partial charge >= 0.3 is 0 Å². The molecule has 0 bridgehead atoms. The summed E-state index contributed by atoms with van der Waals surface area (Å²) < 4.78 is 12.8. The highest BCUT2D eigenvalue weighted by Gasteiger charge is 2.23. The molecule has 37 heavy (non-hydrogen) atoms. The third-order valence-corrected chi connectivity index (χ3v) is 6.49. The summed E-state index contributed by atoms with van der Waals surface area (Å²) in [6.07, 6.45) is 8.94. The summed E-state index contributed by atoms with van der Waals surface area (Å²) in [5.74, 6) is 8.70. The monoisotopic (exact) mass is 502 g/mol. The number of benzene rings is 1. The molecule has 0 saturated carbocycles. The van der Waals surface area contributed by atoms with Crippen molar-refractivity contribution in [1.29, 1.82) is 0 Å². The Morgan fingerprint density at radius 3 is 2.49 bits per heavy atom. The molecule has 3 heterocycles. The van der Waals surface area contributed by atoms with Crippen LogP contribution in [0.3, 0.4) is 0 Å². The zero-order valence-electron chi connectivity index (χ0n) is 21.9. The molecule has 0 unspecified atom stereocenters.